The molecule has 294 valence electrons. The van der Waals surface area contributed by atoms with Crippen molar-refractivity contribution in [1.82, 2.24) is 15.5 Å². The second-order valence-electron chi connectivity index (χ2n) is 15.6. The van der Waals surface area contributed by atoms with E-state index in [2.05, 4.69) is 17.6 Å². The predicted octanol–water partition coefficient (Wildman–Crippen LogP) is 7.53. The Morgan fingerprint density at radius 3 is 1.74 bits per heavy atom. The zero-order valence-electron chi connectivity index (χ0n) is 32.9. The van der Waals surface area contributed by atoms with Gasteiger partial charge in [-0.1, -0.05) is 93.6 Å². The molecule has 3 atom stereocenters. The Morgan fingerprint density at radius 2 is 1.17 bits per heavy atom. The van der Waals surface area contributed by atoms with Gasteiger partial charge in [-0.05, 0) is 88.9 Å². The van der Waals surface area contributed by atoms with Gasteiger partial charge in [-0.3, -0.25) is 9.59 Å². The molecule has 3 amide bonds. The van der Waals surface area contributed by atoms with Crippen LogP contribution in [0.4, 0.5) is 4.79 Å². The molecule has 0 spiro atoms. The summed E-state index contributed by atoms with van der Waals surface area (Å²) in [4.78, 5) is 58.0. The number of amides is 3. The number of nitrogens with zero attached hydrogens (tertiary/aromatic N) is 1. The van der Waals surface area contributed by atoms with Gasteiger partial charge in [-0.2, -0.15) is 0 Å². The normalized spacial score (nSPS) is 13.2. The number of unbranched alkanes of at least 4 members (excludes halogenated alkanes) is 5. The number of phenolic OH excluding ortho intramolecular Hbond substituents is 2. The van der Waals surface area contributed by atoms with E-state index in [1.807, 2.05) is 30.3 Å². The van der Waals surface area contributed by atoms with Crippen LogP contribution in [0.2, 0.25) is 0 Å². The number of rotatable bonds is 18. The summed E-state index contributed by atoms with van der Waals surface area (Å²) < 4.78 is 11.3. The van der Waals surface area contributed by atoms with Crippen LogP contribution in [0, 0.1) is 0 Å². The zero-order valence-corrected chi connectivity index (χ0v) is 32.9. The minimum absolute atomic E-state index is 0.0285. The molecule has 0 fully saturated rings. The Kier molecular flexibility index (Phi) is 16.4. The molecule has 3 rings (SSSR count). The van der Waals surface area contributed by atoms with Crippen LogP contribution in [-0.4, -0.2) is 68.8 Å². The molecule has 0 bridgehead atoms. The molecule has 0 aliphatic carbocycles. The number of nitrogens with one attached hydrogen (secondary N) is 2. The average Bonchev–Trinajstić information content (AvgIpc) is 3.09. The highest BCUT2D eigenvalue weighted by atomic mass is 16.6. The van der Waals surface area contributed by atoms with Crippen molar-refractivity contribution in [1.29, 1.82) is 0 Å². The maximum atomic E-state index is 15.0. The Balaban J connectivity index is 2.12. The largest absolute Gasteiger partial charge is 0.508 e. The second-order valence-corrected chi connectivity index (χ2v) is 15.6. The molecule has 0 saturated heterocycles. The van der Waals surface area contributed by atoms with Crippen molar-refractivity contribution in [2.45, 2.75) is 129 Å². The summed E-state index contributed by atoms with van der Waals surface area (Å²) in [6.07, 6.45) is 4.86. The van der Waals surface area contributed by atoms with Crippen molar-refractivity contribution in [3.05, 3.63) is 95.6 Å². The third-order valence-electron chi connectivity index (χ3n) is 8.46. The number of ether oxygens (including phenoxy) is 2. The smallest absolute Gasteiger partial charge is 0.408 e. The fraction of sp³-hybridized carbons (Fsp3) is 0.488. The Labute approximate surface area is 320 Å². The SMILES string of the molecule is CCCCCCCCN(C(=O)C(Cc1ccc(O)cc1)NC(=O)OC(C)(C)C)C(C(=O)NC(Cc1ccccc1)C(=O)OC(C)(C)C)c1ccc(O)cc1. The molecule has 0 heterocycles. The number of alkyl carbamates (subject to hydrolysis) is 1. The number of esters is 1. The van der Waals surface area contributed by atoms with E-state index in [-0.39, 0.29) is 30.9 Å². The molecule has 54 heavy (non-hydrogen) atoms. The summed E-state index contributed by atoms with van der Waals surface area (Å²) in [6.45, 7) is 12.7. The first-order chi connectivity index (χ1) is 25.5. The lowest BCUT2D eigenvalue weighted by Crippen LogP contribution is -2.55. The minimum atomic E-state index is -1.27. The number of benzene rings is 3. The van der Waals surface area contributed by atoms with Crippen LogP contribution in [0.15, 0.2) is 78.9 Å². The molecule has 0 aliphatic heterocycles. The highest BCUT2D eigenvalue weighted by Crippen LogP contribution is 2.27. The number of carbonyl (C=O) groups is 4. The van der Waals surface area contributed by atoms with Gasteiger partial charge < -0.3 is 35.2 Å². The van der Waals surface area contributed by atoms with E-state index in [1.54, 1.807) is 65.8 Å². The summed E-state index contributed by atoms with van der Waals surface area (Å²) in [5.74, 6) is -1.79. The predicted molar refractivity (Wildman–Crippen MR) is 209 cm³/mol. The topological polar surface area (TPSA) is 154 Å². The van der Waals surface area contributed by atoms with Gasteiger partial charge in [0, 0.05) is 19.4 Å². The first-order valence-electron chi connectivity index (χ1n) is 18.9. The van der Waals surface area contributed by atoms with Crippen molar-refractivity contribution < 1.29 is 38.9 Å². The third-order valence-corrected chi connectivity index (χ3v) is 8.46. The van der Waals surface area contributed by atoms with Crippen LogP contribution >= 0.6 is 0 Å². The lowest BCUT2D eigenvalue weighted by atomic mass is 9.98. The summed E-state index contributed by atoms with van der Waals surface area (Å²) in [5, 5.41) is 25.8. The lowest BCUT2D eigenvalue weighted by Gasteiger charge is -2.35. The fourth-order valence-corrected chi connectivity index (χ4v) is 5.94. The maximum Gasteiger partial charge on any atom is 0.408 e. The van der Waals surface area contributed by atoms with Gasteiger partial charge in [0.15, 0.2) is 0 Å². The minimum Gasteiger partial charge on any atom is -0.508 e. The first kappa shape index (κ1) is 43.3. The molecule has 3 aromatic rings. The van der Waals surface area contributed by atoms with Crippen molar-refractivity contribution in [2.75, 3.05) is 6.54 Å². The number of hydrogen-bond donors (Lipinski definition) is 4. The third kappa shape index (κ3) is 15.1. The van der Waals surface area contributed by atoms with Gasteiger partial charge in [0.05, 0.1) is 0 Å². The van der Waals surface area contributed by atoms with Crippen LogP contribution in [0.5, 0.6) is 11.5 Å². The maximum absolute atomic E-state index is 15.0. The molecule has 0 radical (unpaired) electrons. The first-order valence-corrected chi connectivity index (χ1v) is 18.9. The molecule has 11 nitrogen and oxygen atoms in total. The van der Waals surface area contributed by atoms with E-state index in [0.717, 1.165) is 37.7 Å². The summed E-state index contributed by atoms with van der Waals surface area (Å²) in [5.41, 5.74) is 0.165. The number of phenols is 2. The molecule has 11 heteroatoms. The van der Waals surface area contributed by atoms with Crippen molar-refractivity contribution in [2.24, 2.45) is 0 Å². The molecule has 4 N–H and O–H groups in total. The number of carbonyl (C=O) groups excluding carboxylic acids is 4. The van der Waals surface area contributed by atoms with Gasteiger partial charge in [0.2, 0.25) is 11.8 Å². The van der Waals surface area contributed by atoms with E-state index in [4.69, 9.17) is 9.47 Å². The second kappa shape index (κ2) is 20.4. The molecule has 0 saturated carbocycles. The van der Waals surface area contributed by atoms with Crippen LogP contribution in [0.3, 0.4) is 0 Å². The fourth-order valence-electron chi connectivity index (χ4n) is 5.94. The highest BCUT2D eigenvalue weighted by Gasteiger charge is 2.38. The quantitative estimate of drug-likeness (QED) is 0.0770. The van der Waals surface area contributed by atoms with E-state index < -0.39 is 53.2 Å². The highest BCUT2D eigenvalue weighted by molar-refractivity contribution is 5.94. The summed E-state index contributed by atoms with van der Waals surface area (Å²) in [7, 11) is 0. The Hall–Kier alpha value is -5.06. The van der Waals surface area contributed by atoms with E-state index in [9.17, 15) is 29.4 Å². The zero-order chi connectivity index (χ0) is 39.9. The van der Waals surface area contributed by atoms with Crippen LogP contribution in [-0.2, 0) is 36.7 Å². The lowest BCUT2D eigenvalue weighted by molar-refractivity contribution is -0.159. The molecular formula is C43H59N3O8. The van der Waals surface area contributed by atoms with Gasteiger partial charge in [-0.25, -0.2) is 9.59 Å². The van der Waals surface area contributed by atoms with Crippen molar-refractivity contribution in [3.63, 3.8) is 0 Å². The van der Waals surface area contributed by atoms with Gasteiger partial charge >= 0.3 is 12.1 Å². The van der Waals surface area contributed by atoms with Crippen molar-refractivity contribution in [3.8, 4) is 11.5 Å². The average molecular weight is 746 g/mol. The number of aromatic hydroxyl groups is 2. The molecule has 3 aromatic carbocycles. The van der Waals surface area contributed by atoms with Gasteiger partial charge in [0.1, 0.15) is 40.8 Å². The standard InChI is InChI=1S/C43H59N3O8/c1-8-9-10-11-12-16-27-46(39(50)35(45-41(52)54-43(5,6)7)28-31-19-23-33(47)24-20-31)37(32-21-25-34(48)26-22-32)38(49)44-36(40(51)53-42(2,3)4)29-30-17-14-13-15-18-30/h13-15,17-26,35-37,47-48H,8-12,16,27-29H2,1-7H3,(H,44,49)(H,45,52). The van der Waals surface area contributed by atoms with Crippen LogP contribution < -0.4 is 10.6 Å². The van der Waals surface area contributed by atoms with E-state index in [0.29, 0.717) is 17.5 Å². The molecular weight excluding hydrogens is 686 g/mol. The summed E-state index contributed by atoms with van der Waals surface area (Å²) >= 11 is 0. The Bertz CT molecular complexity index is 1630. The van der Waals surface area contributed by atoms with Gasteiger partial charge in [-0.15, -0.1) is 0 Å². The van der Waals surface area contributed by atoms with Crippen LogP contribution in [0.1, 0.15) is 110 Å². The van der Waals surface area contributed by atoms with Crippen molar-refractivity contribution >= 4 is 23.9 Å². The molecule has 0 aliphatic rings. The molecule has 0 aromatic heterocycles. The number of hydrogen-bond acceptors (Lipinski definition) is 8. The van der Waals surface area contributed by atoms with Gasteiger partial charge in [0.25, 0.3) is 0 Å². The van der Waals surface area contributed by atoms with E-state index >= 15 is 0 Å². The van der Waals surface area contributed by atoms with E-state index in [1.165, 1.54) is 29.2 Å². The Morgan fingerprint density at radius 1 is 0.648 bits per heavy atom. The summed E-state index contributed by atoms with van der Waals surface area (Å²) in [6, 6.07) is 18.0. The van der Waals surface area contributed by atoms with Crippen LogP contribution in [0.25, 0.3) is 0 Å². The monoisotopic (exact) mass is 745 g/mol. The molecule has 3 unspecified atom stereocenters.